The summed E-state index contributed by atoms with van der Waals surface area (Å²) in [4.78, 5) is 12.7. The molecule has 0 fully saturated rings. The Hall–Kier alpha value is -2.74. The molecule has 2 unspecified atom stereocenters. The Kier molecular flexibility index (Phi) is 7.50. The summed E-state index contributed by atoms with van der Waals surface area (Å²) < 4.78 is 36.5. The molecular formula is C21H28N2O5S. The topological polar surface area (TPSA) is 84.9 Å². The first-order valence-electron chi connectivity index (χ1n) is 9.25. The van der Waals surface area contributed by atoms with Crippen LogP contribution < -0.4 is 19.1 Å². The Morgan fingerprint density at radius 2 is 1.59 bits per heavy atom. The Labute approximate surface area is 172 Å². The number of hydrogen-bond donors (Lipinski definition) is 1. The molecule has 0 radical (unpaired) electrons. The maximum Gasteiger partial charge on any atom is 0.243 e. The Morgan fingerprint density at radius 3 is 2.10 bits per heavy atom. The number of nitrogens with zero attached hydrogens (tertiary/aromatic N) is 1. The van der Waals surface area contributed by atoms with Crippen LogP contribution in [0.15, 0.2) is 48.5 Å². The number of rotatable bonds is 9. The number of ether oxygens (including phenoxy) is 2. The zero-order valence-corrected chi connectivity index (χ0v) is 18.2. The van der Waals surface area contributed by atoms with Gasteiger partial charge in [-0.3, -0.25) is 9.10 Å². The lowest BCUT2D eigenvalue weighted by molar-refractivity contribution is -0.122. The fraction of sp³-hybridized carbons (Fsp3) is 0.381. The van der Waals surface area contributed by atoms with Gasteiger partial charge in [0.25, 0.3) is 0 Å². The van der Waals surface area contributed by atoms with Gasteiger partial charge in [-0.05, 0) is 57.2 Å². The van der Waals surface area contributed by atoms with Gasteiger partial charge in [-0.2, -0.15) is 0 Å². The van der Waals surface area contributed by atoms with Gasteiger partial charge >= 0.3 is 0 Å². The van der Waals surface area contributed by atoms with Crippen molar-refractivity contribution in [2.24, 2.45) is 0 Å². The molecule has 0 aromatic heterocycles. The molecule has 2 aromatic carbocycles. The average Bonchev–Trinajstić information content (AvgIpc) is 2.67. The van der Waals surface area contributed by atoms with E-state index in [0.29, 0.717) is 11.4 Å². The molecule has 0 aliphatic heterocycles. The highest BCUT2D eigenvalue weighted by atomic mass is 32.2. The Morgan fingerprint density at radius 1 is 1.03 bits per heavy atom. The lowest BCUT2D eigenvalue weighted by Crippen LogP contribution is -2.50. The molecule has 0 saturated carbocycles. The second-order valence-corrected chi connectivity index (χ2v) is 8.83. The second kappa shape index (κ2) is 9.65. The third-order valence-electron chi connectivity index (χ3n) is 4.33. The molecule has 0 heterocycles. The largest absolute Gasteiger partial charge is 0.497 e. The van der Waals surface area contributed by atoms with Crippen LogP contribution in [0, 0.1) is 6.92 Å². The highest BCUT2D eigenvalue weighted by Crippen LogP contribution is 2.21. The summed E-state index contributed by atoms with van der Waals surface area (Å²) in [5.74, 6) is 0.976. The number of sulfonamides is 1. The van der Waals surface area contributed by atoms with Crippen molar-refractivity contribution in [1.29, 1.82) is 0 Å². The number of anilines is 1. The van der Waals surface area contributed by atoms with Gasteiger partial charge in [0.2, 0.25) is 15.9 Å². The summed E-state index contributed by atoms with van der Waals surface area (Å²) in [6.45, 7) is 5.52. The number of hydrogen-bond acceptors (Lipinski definition) is 5. The predicted molar refractivity (Wildman–Crippen MR) is 114 cm³/mol. The minimum absolute atomic E-state index is 0.244. The molecule has 0 saturated heterocycles. The Balaban J connectivity index is 2.01. The fourth-order valence-corrected chi connectivity index (χ4v) is 3.97. The van der Waals surface area contributed by atoms with E-state index in [0.717, 1.165) is 21.9 Å². The molecule has 1 amide bonds. The number of methoxy groups -OCH3 is 1. The summed E-state index contributed by atoms with van der Waals surface area (Å²) >= 11 is 0. The minimum Gasteiger partial charge on any atom is -0.497 e. The summed E-state index contributed by atoms with van der Waals surface area (Å²) in [6.07, 6.45) is 1.09. The zero-order chi connectivity index (χ0) is 21.6. The van der Waals surface area contributed by atoms with Crippen molar-refractivity contribution in [3.63, 3.8) is 0 Å². The number of benzene rings is 2. The van der Waals surface area contributed by atoms with Crippen molar-refractivity contribution in [2.45, 2.75) is 32.9 Å². The first-order chi connectivity index (χ1) is 13.6. The van der Waals surface area contributed by atoms with Crippen molar-refractivity contribution in [2.75, 3.05) is 24.3 Å². The van der Waals surface area contributed by atoms with Crippen LogP contribution in [0.1, 0.15) is 19.4 Å². The van der Waals surface area contributed by atoms with Crippen LogP contribution in [0.2, 0.25) is 0 Å². The van der Waals surface area contributed by atoms with Crippen molar-refractivity contribution in [3.05, 3.63) is 54.1 Å². The summed E-state index contributed by atoms with van der Waals surface area (Å²) in [5.41, 5.74) is 1.45. The Bertz CT molecular complexity index is 911. The SMILES string of the molecule is COc1ccc(OCC(C)NC(=O)C(C)N(c2ccc(C)cc2)S(C)(=O)=O)cc1. The number of amides is 1. The molecule has 7 nitrogen and oxygen atoms in total. The smallest absolute Gasteiger partial charge is 0.243 e. The summed E-state index contributed by atoms with van der Waals surface area (Å²) in [6, 6.07) is 12.9. The quantitative estimate of drug-likeness (QED) is 0.674. The highest BCUT2D eigenvalue weighted by molar-refractivity contribution is 7.92. The van der Waals surface area contributed by atoms with E-state index in [1.165, 1.54) is 0 Å². The molecule has 158 valence electrons. The van der Waals surface area contributed by atoms with Crippen LogP contribution in [0.3, 0.4) is 0 Å². The van der Waals surface area contributed by atoms with Crippen molar-refractivity contribution < 1.29 is 22.7 Å². The van der Waals surface area contributed by atoms with Gasteiger partial charge in [0, 0.05) is 0 Å². The lowest BCUT2D eigenvalue weighted by Gasteiger charge is -2.29. The van der Waals surface area contributed by atoms with Crippen LogP contribution in [0.5, 0.6) is 11.5 Å². The molecule has 2 atom stereocenters. The molecule has 2 rings (SSSR count). The van der Waals surface area contributed by atoms with E-state index >= 15 is 0 Å². The third kappa shape index (κ3) is 6.39. The monoisotopic (exact) mass is 420 g/mol. The van der Waals surface area contributed by atoms with E-state index in [1.807, 2.05) is 19.1 Å². The van der Waals surface area contributed by atoms with Gasteiger partial charge in [-0.1, -0.05) is 17.7 Å². The summed E-state index contributed by atoms with van der Waals surface area (Å²) in [7, 11) is -2.06. The number of nitrogens with one attached hydrogen (secondary N) is 1. The van der Waals surface area contributed by atoms with Gasteiger partial charge in [-0.25, -0.2) is 8.42 Å². The molecular weight excluding hydrogens is 392 g/mol. The molecule has 0 aliphatic rings. The molecule has 29 heavy (non-hydrogen) atoms. The van der Waals surface area contributed by atoms with Gasteiger partial charge in [0.05, 0.1) is 25.1 Å². The van der Waals surface area contributed by atoms with Gasteiger partial charge in [0.15, 0.2) is 0 Å². The zero-order valence-electron chi connectivity index (χ0n) is 17.4. The first kappa shape index (κ1) is 22.5. The number of carbonyl (C=O) groups is 1. The third-order valence-corrected chi connectivity index (χ3v) is 5.57. The normalized spacial score (nSPS) is 13.3. The maximum atomic E-state index is 12.7. The second-order valence-electron chi connectivity index (χ2n) is 6.97. The highest BCUT2D eigenvalue weighted by Gasteiger charge is 2.29. The molecule has 1 N–H and O–H groups in total. The maximum absolute atomic E-state index is 12.7. The van der Waals surface area contributed by atoms with Gasteiger partial charge in [0.1, 0.15) is 24.1 Å². The average molecular weight is 421 g/mol. The van der Waals surface area contributed by atoms with E-state index < -0.39 is 22.0 Å². The molecule has 0 spiro atoms. The van der Waals surface area contributed by atoms with Crippen molar-refractivity contribution in [1.82, 2.24) is 5.32 Å². The van der Waals surface area contributed by atoms with Crippen LogP contribution >= 0.6 is 0 Å². The van der Waals surface area contributed by atoms with Crippen LogP contribution in [0.25, 0.3) is 0 Å². The van der Waals surface area contributed by atoms with Crippen molar-refractivity contribution in [3.8, 4) is 11.5 Å². The minimum atomic E-state index is -3.64. The summed E-state index contributed by atoms with van der Waals surface area (Å²) in [5, 5.41) is 2.81. The first-order valence-corrected chi connectivity index (χ1v) is 11.1. The molecule has 0 aliphatic carbocycles. The van der Waals surface area contributed by atoms with E-state index in [1.54, 1.807) is 57.4 Å². The van der Waals surface area contributed by atoms with Crippen LogP contribution in [0.4, 0.5) is 5.69 Å². The number of aryl methyl sites for hydroxylation is 1. The van der Waals surface area contributed by atoms with Gasteiger partial charge in [-0.15, -0.1) is 0 Å². The van der Waals surface area contributed by atoms with E-state index in [-0.39, 0.29) is 12.6 Å². The van der Waals surface area contributed by atoms with E-state index in [4.69, 9.17) is 9.47 Å². The van der Waals surface area contributed by atoms with Crippen molar-refractivity contribution >= 4 is 21.6 Å². The predicted octanol–water partition coefficient (Wildman–Crippen LogP) is 2.74. The number of carbonyl (C=O) groups excluding carboxylic acids is 1. The van der Waals surface area contributed by atoms with Crippen LogP contribution in [-0.2, 0) is 14.8 Å². The standard InChI is InChI=1S/C21H28N2O5S/c1-15-6-8-18(9-7-15)23(29(5,25)26)17(3)21(24)22-16(2)14-28-20-12-10-19(27-4)11-13-20/h6-13,16-17H,14H2,1-5H3,(H,22,24). The van der Waals surface area contributed by atoms with E-state index in [2.05, 4.69) is 5.32 Å². The molecule has 0 bridgehead atoms. The molecule has 8 heteroatoms. The fourth-order valence-electron chi connectivity index (χ4n) is 2.80. The van der Waals surface area contributed by atoms with Crippen LogP contribution in [-0.4, -0.2) is 46.4 Å². The molecule has 2 aromatic rings. The van der Waals surface area contributed by atoms with E-state index in [9.17, 15) is 13.2 Å². The lowest BCUT2D eigenvalue weighted by atomic mass is 10.2. The van der Waals surface area contributed by atoms with Gasteiger partial charge < -0.3 is 14.8 Å².